The van der Waals surface area contributed by atoms with Crippen molar-refractivity contribution in [1.82, 2.24) is 0 Å². The zero-order valence-corrected chi connectivity index (χ0v) is 16.0. The molecule has 10 nitrogen and oxygen atoms in total. The molecule has 0 radical (unpaired) electrons. The van der Waals surface area contributed by atoms with Gasteiger partial charge in [0.2, 0.25) is 6.29 Å². The maximum Gasteiger partial charge on any atom is 0.303 e. The van der Waals surface area contributed by atoms with Crippen LogP contribution in [0.3, 0.4) is 0 Å². The summed E-state index contributed by atoms with van der Waals surface area (Å²) in [6, 6.07) is 0. The van der Waals surface area contributed by atoms with Crippen LogP contribution in [0.25, 0.3) is 0 Å². The third-order valence-corrected chi connectivity index (χ3v) is 5.82. The summed E-state index contributed by atoms with van der Waals surface area (Å²) >= 11 is 0. The highest BCUT2D eigenvalue weighted by molar-refractivity contribution is 5.66. The summed E-state index contributed by atoms with van der Waals surface area (Å²) in [7, 11) is 0. The van der Waals surface area contributed by atoms with Crippen LogP contribution in [-0.4, -0.2) is 86.8 Å². The fraction of sp³-hybridized carbons (Fsp3) is 0.833. The van der Waals surface area contributed by atoms with Gasteiger partial charge in [0, 0.05) is 19.3 Å². The highest BCUT2D eigenvalue weighted by Crippen LogP contribution is 2.51. The normalized spacial score (nSPS) is 48.4. The molecule has 0 spiro atoms. The van der Waals surface area contributed by atoms with Crippen LogP contribution in [0.2, 0.25) is 0 Å². The molecule has 160 valence electrons. The van der Waals surface area contributed by atoms with E-state index >= 15 is 0 Å². The second-order valence-corrected chi connectivity index (χ2v) is 7.93. The van der Waals surface area contributed by atoms with Gasteiger partial charge in [-0.05, 0) is 19.4 Å². The Hall–Kier alpha value is -1.27. The third-order valence-electron chi connectivity index (χ3n) is 5.82. The maximum absolute atomic E-state index is 11.6. The number of fused-ring (bicyclic) bond motifs is 1. The Kier molecular flexibility index (Phi) is 6.02. The monoisotopic (exact) mass is 404 g/mol. The Morgan fingerprint density at radius 3 is 2.50 bits per heavy atom. The SMILES string of the molecule is CC(=O)O[C@@]1(C)C[C@@H](O)[C@@H]2C(C)=CO[C@@H](O[C@@H]3O[C@H](CO)[C@@H](O)[C@H](O)[C@H]3O)[C@@H]21. The van der Waals surface area contributed by atoms with E-state index in [9.17, 15) is 30.3 Å². The van der Waals surface area contributed by atoms with Crippen molar-refractivity contribution in [1.29, 1.82) is 0 Å². The predicted octanol–water partition coefficient (Wildman–Crippen LogP) is -1.62. The molecular weight excluding hydrogens is 376 g/mol. The Labute approximate surface area is 162 Å². The average molecular weight is 404 g/mol. The van der Waals surface area contributed by atoms with Gasteiger partial charge in [0.1, 0.15) is 30.0 Å². The van der Waals surface area contributed by atoms with Crippen LogP contribution in [-0.2, 0) is 23.7 Å². The molecule has 0 unspecified atom stereocenters. The smallest absolute Gasteiger partial charge is 0.303 e. The number of hydrogen-bond acceptors (Lipinski definition) is 10. The zero-order chi connectivity index (χ0) is 20.8. The Balaban J connectivity index is 1.85. The van der Waals surface area contributed by atoms with E-state index in [1.807, 2.05) is 0 Å². The first-order valence-corrected chi connectivity index (χ1v) is 9.25. The summed E-state index contributed by atoms with van der Waals surface area (Å²) in [6.07, 6.45) is -7.52. The topological polar surface area (TPSA) is 155 Å². The van der Waals surface area contributed by atoms with Gasteiger partial charge >= 0.3 is 5.97 Å². The predicted molar refractivity (Wildman–Crippen MR) is 91.3 cm³/mol. The van der Waals surface area contributed by atoms with Gasteiger partial charge in [-0.3, -0.25) is 4.79 Å². The standard InChI is InChI=1S/C18H28O10/c1-7-6-25-16(12-11(7)9(21)4-18(12,3)28-8(2)20)27-17-15(24)14(23)13(22)10(5-19)26-17/h6,9-17,19,21-24H,4-5H2,1-3H3/t9-,10-,11+,12-,13-,14+,15-,16+,17+,18+/m1/s1. The second-order valence-electron chi connectivity index (χ2n) is 7.93. The van der Waals surface area contributed by atoms with Crippen molar-refractivity contribution in [2.75, 3.05) is 6.61 Å². The molecule has 2 fully saturated rings. The molecule has 2 aliphatic heterocycles. The molecule has 28 heavy (non-hydrogen) atoms. The van der Waals surface area contributed by atoms with Gasteiger partial charge in [0.15, 0.2) is 6.29 Å². The van der Waals surface area contributed by atoms with E-state index in [2.05, 4.69) is 0 Å². The minimum Gasteiger partial charge on any atom is -0.472 e. The number of rotatable bonds is 4. The third kappa shape index (κ3) is 3.65. The van der Waals surface area contributed by atoms with Crippen LogP contribution in [0.15, 0.2) is 11.8 Å². The van der Waals surface area contributed by atoms with Crippen molar-refractivity contribution < 1.29 is 49.3 Å². The molecule has 3 rings (SSSR count). The molecule has 0 amide bonds. The summed E-state index contributed by atoms with van der Waals surface area (Å²) in [6.45, 7) is 4.13. The van der Waals surface area contributed by atoms with Crippen LogP contribution in [0.4, 0.5) is 0 Å². The zero-order valence-electron chi connectivity index (χ0n) is 16.0. The molecule has 5 N–H and O–H groups in total. The maximum atomic E-state index is 11.6. The summed E-state index contributed by atoms with van der Waals surface area (Å²) in [5.41, 5.74) is -0.341. The summed E-state index contributed by atoms with van der Waals surface area (Å²) in [5.74, 6) is -1.54. The summed E-state index contributed by atoms with van der Waals surface area (Å²) < 4.78 is 22.3. The average Bonchev–Trinajstić information content (AvgIpc) is 2.88. The van der Waals surface area contributed by atoms with E-state index in [1.165, 1.54) is 13.2 Å². The molecular formula is C18H28O10. The Bertz CT molecular complexity index is 621. The van der Waals surface area contributed by atoms with Crippen molar-refractivity contribution in [3.63, 3.8) is 0 Å². The van der Waals surface area contributed by atoms with Crippen LogP contribution < -0.4 is 0 Å². The van der Waals surface area contributed by atoms with E-state index in [1.54, 1.807) is 13.8 Å². The molecule has 2 heterocycles. The number of carbonyl (C=O) groups excluding carboxylic acids is 1. The van der Waals surface area contributed by atoms with E-state index in [0.717, 1.165) is 5.57 Å². The first-order valence-electron chi connectivity index (χ1n) is 9.25. The molecule has 3 aliphatic rings. The largest absolute Gasteiger partial charge is 0.472 e. The van der Waals surface area contributed by atoms with E-state index in [-0.39, 0.29) is 6.42 Å². The van der Waals surface area contributed by atoms with Gasteiger partial charge in [-0.15, -0.1) is 0 Å². The van der Waals surface area contributed by atoms with Gasteiger partial charge in [-0.1, -0.05) is 0 Å². The Morgan fingerprint density at radius 2 is 1.89 bits per heavy atom. The van der Waals surface area contributed by atoms with Gasteiger partial charge in [0.25, 0.3) is 0 Å². The number of ether oxygens (including phenoxy) is 4. The molecule has 1 saturated carbocycles. The molecule has 10 atom stereocenters. The van der Waals surface area contributed by atoms with Crippen molar-refractivity contribution in [3.8, 4) is 0 Å². The van der Waals surface area contributed by atoms with Crippen LogP contribution >= 0.6 is 0 Å². The van der Waals surface area contributed by atoms with Crippen LogP contribution in [0.1, 0.15) is 27.2 Å². The van der Waals surface area contributed by atoms with Gasteiger partial charge in [0.05, 0.1) is 24.9 Å². The van der Waals surface area contributed by atoms with Crippen molar-refractivity contribution >= 4 is 5.97 Å². The van der Waals surface area contributed by atoms with Gasteiger partial charge < -0.3 is 44.5 Å². The highest BCUT2D eigenvalue weighted by Gasteiger charge is 2.60. The summed E-state index contributed by atoms with van der Waals surface area (Å²) in [5, 5.41) is 50.0. The molecule has 1 saturated heterocycles. The lowest BCUT2D eigenvalue weighted by Gasteiger charge is -2.44. The first-order chi connectivity index (χ1) is 13.1. The number of carbonyl (C=O) groups is 1. The van der Waals surface area contributed by atoms with E-state index < -0.39 is 73.1 Å². The lowest BCUT2D eigenvalue weighted by molar-refractivity contribution is -0.346. The van der Waals surface area contributed by atoms with Gasteiger partial charge in [-0.2, -0.15) is 0 Å². The lowest BCUT2D eigenvalue weighted by atomic mass is 9.81. The quantitative estimate of drug-likeness (QED) is 0.345. The molecule has 0 aromatic heterocycles. The second kappa shape index (κ2) is 7.86. The fourth-order valence-corrected chi connectivity index (χ4v) is 4.55. The molecule has 1 aliphatic carbocycles. The minimum absolute atomic E-state index is 0.172. The fourth-order valence-electron chi connectivity index (χ4n) is 4.55. The van der Waals surface area contributed by atoms with Crippen LogP contribution in [0.5, 0.6) is 0 Å². The molecule has 0 bridgehead atoms. The number of esters is 1. The Morgan fingerprint density at radius 1 is 1.21 bits per heavy atom. The molecule has 0 aromatic carbocycles. The molecule has 10 heteroatoms. The molecule has 0 aromatic rings. The van der Waals surface area contributed by atoms with E-state index in [4.69, 9.17) is 18.9 Å². The first kappa shape index (κ1) is 21.4. The van der Waals surface area contributed by atoms with Crippen molar-refractivity contribution in [2.24, 2.45) is 11.8 Å². The van der Waals surface area contributed by atoms with Gasteiger partial charge in [-0.25, -0.2) is 0 Å². The van der Waals surface area contributed by atoms with Crippen LogP contribution in [0, 0.1) is 11.8 Å². The van der Waals surface area contributed by atoms with E-state index in [0.29, 0.717) is 0 Å². The number of aliphatic hydroxyl groups excluding tert-OH is 5. The minimum atomic E-state index is -1.60. The highest BCUT2D eigenvalue weighted by atomic mass is 16.8. The summed E-state index contributed by atoms with van der Waals surface area (Å²) in [4.78, 5) is 11.6. The number of hydrogen-bond donors (Lipinski definition) is 5. The number of aliphatic hydroxyl groups is 5. The lowest BCUT2D eigenvalue weighted by Crippen LogP contribution is -2.60. The van der Waals surface area contributed by atoms with Crippen molar-refractivity contribution in [3.05, 3.63) is 11.8 Å². The van der Waals surface area contributed by atoms with Crippen molar-refractivity contribution in [2.45, 2.75) is 75.9 Å².